The van der Waals surface area contributed by atoms with Crippen molar-refractivity contribution in [3.05, 3.63) is 65.7 Å². The molecule has 4 rings (SSSR count). The monoisotopic (exact) mass is 279 g/mol. The lowest BCUT2D eigenvalue weighted by atomic mass is 9.87. The number of ether oxygens (including phenoxy) is 1. The first-order chi connectivity index (χ1) is 10.4. The maximum absolute atomic E-state index is 5.92. The minimum Gasteiger partial charge on any atom is -0.493 e. The SMILES string of the molecule is c1ccc(CN2CC3CCOc4ccccc4[C@H]3C2)cc1. The van der Waals surface area contributed by atoms with Crippen molar-refractivity contribution in [1.29, 1.82) is 0 Å². The highest BCUT2D eigenvalue weighted by molar-refractivity contribution is 5.38. The number of benzene rings is 2. The zero-order valence-electron chi connectivity index (χ0n) is 12.2. The Bertz CT molecular complexity index is 610. The fraction of sp³-hybridized carbons (Fsp3) is 0.368. The Morgan fingerprint density at radius 2 is 1.76 bits per heavy atom. The third-order valence-corrected chi connectivity index (χ3v) is 4.83. The third kappa shape index (κ3) is 2.56. The highest BCUT2D eigenvalue weighted by Crippen LogP contribution is 2.41. The molecule has 0 radical (unpaired) electrons. The van der Waals surface area contributed by atoms with Gasteiger partial charge in [0.2, 0.25) is 0 Å². The number of rotatable bonds is 2. The number of fused-ring (bicyclic) bond motifs is 3. The van der Waals surface area contributed by atoms with Crippen LogP contribution < -0.4 is 4.74 Å². The summed E-state index contributed by atoms with van der Waals surface area (Å²) in [5, 5.41) is 0. The van der Waals surface area contributed by atoms with Crippen LogP contribution in [-0.2, 0) is 6.54 Å². The van der Waals surface area contributed by atoms with Gasteiger partial charge in [-0.05, 0) is 29.5 Å². The lowest BCUT2D eigenvalue weighted by molar-refractivity contribution is 0.271. The molecule has 21 heavy (non-hydrogen) atoms. The van der Waals surface area contributed by atoms with E-state index in [2.05, 4.69) is 59.5 Å². The minimum atomic E-state index is 0.632. The van der Waals surface area contributed by atoms with Crippen LogP contribution in [0, 0.1) is 5.92 Å². The maximum Gasteiger partial charge on any atom is 0.122 e. The molecular weight excluding hydrogens is 258 g/mol. The Morgan fingerprint density at radius 1 is 0.952 bits per heavy atom. The third-order valence-electron chi connectivity index (χ3n) is 4.83. The van der Waals surface area contributed by atoms with Crippen LogP contribution in [0.5, 0.6) is 5.75 Å². The summed E-state index contributed by atoms with van der Waals surface area (Å²) in [4.78, 5) is 2.60. The van der Waals surface area contributed by atoms with Gasteiger partial charge in [-0.1, -0.05) is 48.5 Å². The van der Waals surface area contributed by atoms with Crippen LogP contribution in [0.1, 0.15) is 23.5 Å². The molecule has 2 aromatic rings. The normalized spacial score (nSPS) is 24.8. The number of hydrogen-bond donors (Lipinski definition) is 0. The van der Waals surface area contributed by atoms with Crippen LogP contribution in [-0.4, -0.2) is 24.6 Å². The maximum atomic E-state index is 5.92. The molecule has 2 aliphatic rings. The molecule has 0 amide bonds. The largest absolute Gasteiger partial charge is 0.493 e. The zero-order chi connectivity index (χ0) is 14.1. The molecule has 1 unspecified atom stereocenters. The molecular formula is C19H21NO. The molecule has 108 valence electrons. The average Bonchev–Trinajstić information content (AvgIpc) is 2.83. The van der Waals surface area contributed by atoms with Gasteiger partial charge in [-0.15, -0.1) is 0 Å². The van der Waals surface area contributed by atoms with Crippen LogP contribution in [0.15, 0.2) is 54.6 Å². The topological polar surface area (TPSA) is 12.5 Å². The smallest absolute Gasteiger partial charge is 0.122 e. The molecule has 2 nitrogen and oxygen atoms in total. The second-order valence-electron chi connectivity index (χ2n) is 6.22. The summed E-state index contributed by atoms with van der Waals surface area (Å²) in [6.07, 6.45) is 1.17. The van der Waals surface area contributed by atoms with E-state index in [1.807, 2.05) is 0 Å². The zero-order valence-corrected chi connectivity index (χ0v) is 12.2. The molecule has 0 bridgehead atoms. The van der Waals surface area contributed by atoms with E-state index in [9.17, 15) is 0 Å². The Hall–Kier alpha value is -1.80. The van der Waals surface area contributed by atoms with Crippen LogP contribution in [0.2, 0.25) is 0 Å². The Balaban J connectivity index is 1.55. The molecule has 0 N–H and O–H groups in total. The van der Waals surface area contributed by atoms with Gasteiger partial charge < -0.3 is 4.74 Å². The number of hydrogen-bond acceptors (Lipinski definition) is 2. The van der Waals surface area contributed by atoms with E-state index in [0.29, 0.717) is 5.92 Å². The van der Waals surface area contributed by atoms with Crippen molar-refractivity contribution in [3.63, 3.8) is 0 Å². The highest BCUT2D eigenvalue weighted by Gasteiger charge is 2.36. The summed E-state index contributed by atoms with van der Waals surface area (Å²) in [6, 6.07) is 19.4. The first-order valence-corrected chi connectivity index (χ1v) is 7.88. The van der Waals surface area contributed by atoms with Crippen molar-refractivity contribution in [2.45, 2.75) is 18.9 Å². The first-order valence-electron chi connectivity index (χ1n) is 7.88. The molecule has 1 fully saturated rings. The molecule has 0 spiro atoms. The predicted molar refractivity (Wildman–Crippen MR) is 84.5 cm³/mol. The van der Waals surface area contributed by atoms with Crippen molar-refractivity contribution < 1.29 is 4.74 Å². The lowest BCUT2D eigenvalue weighted by Gasteiger charge is -2.17. The van der Waals surface area contributed by atoms with Gasteiger partial charge in [-0.2, -0.15) is 0 Å². The fourth-order valence-electron chi connectivity index (χ4n) is 3.81. The molecule has 2 aromatic carbocycles. The Morgan fingerprint density at radius 3 is 2.67 bits per heavy atom. The van der Waals surface area contributed by atoms with Crippen molar-refractivity contribution in [3.8, 4) is 5.75 Å². The molecule has 2 heterocycles. The van der Waals surface area contributed by atoms with Gasteiger partial charge in [-0.25, -0.2) is 0 Å². The number of likely N-dealkylation sites (tertiary alicyclic amines) is 1. The lowest BCUT2D eigenvalue weighted by Crippen LogP contribution is -2.21. The van der Waals surface area contributed by atoms with Gasteiger partial charge in [-0.3, -0.25) is 4.90 Å². The van der Waals surface area contributed by atoms with Crippen LogP contribution >= 0.6 is 0 Å². The van der Waals surface area contributed by atoms with Gasteiger partial charge in [0.25, 0.3) is 0 Å². The second-order valence-corrected chi connectivity index (χ2v) is 6.22. The van der Waals surface area contributed by atoms with Crippen molar-refractivity contribution in [1.82, 2.24) is 4.90 Å². The Kier molecular flexibility index (Phi) is 3.40. The Labute approximate surface area is 126 Å². The average molecular weight is 279 g/mol. The van der Waals surface area contributed by atoms with Gasteiger partial charge in [0, 0.05) is 25.6 Å². The van der Waals surface area contributed by atoms with Gasteiger partial charge in [0.05, 0.1) is 6.61 Å². The van der Waals surface area contributed by atoms with Gasteiger partial charge in [0.1, 0.15) is 5.75 Å². The van der Waals surface area contributed by atoms with Gasteiger partial charge in [0.15, 0.2) is 0 Å². The number of para-hydroxylation sites is 1. The quantitative estimate of drug-likeness (QED) is 0.831. The molecule has 2 heteroatoms. The molecule has 0 aromatic heterocycles. The van der Waals surface area contributed by atoms with E-state index in [1.165, 1.54) is 24.1 Å². The highest BCUT2D eigenvalue weighted by atomic mass is 16.5. The van der Waals surface area contributed by atoms with E-state index in [-0.39, 0.29) is 0 Å². The summed E-state index contributed by atoms with van der Waals surface area (Å²) in [5.74, 6) is 2.47. The first kappa shape index (κ1) is 12.9. The van der Waals surface area contributed by atoms with Crippen molar-refractivity contribution in [2.24, 2.45) is 5.92 Å². The second kappa shape index (κ2) is 5.53. The van der Waals surface area contributed by atoms with Gasteiger partial charge >= 0.3 is 0 Å². The van der Waals surface area contributed by atoms with Crippen LogP contribution in [0.4, 0.5) is 0 Å². The van der Waals surface area contributed by atoms with Crippen molar-refractivity contribution >= 4 is 0 Å². The van der Waals surface area contributed by atoms with E-state index in [1.54, 1.807) is 0 Å². The van der Waals surface area contributed by atoms with E-state index >= 15 is 0 Å². The van der Waals surface area contributed by atoms with Crippen molar-refractivity contribution in [2.75, 3.05) is 19.7 Å². The molecule has 0 aliphatic carbocycles. The van der Waals surface area contributed by atoms with E-state index in [0.717, 1.165) is 31.4 Å². The number of nitrogens with zero attached hydrogens (tertiary/aromatic N) is 1. The summed E-state index contributed by atoms with van der Waals surface area (Å²) in [7, 11) is 0. The van der Waals surface area contributed by atoms with E-state index in [4.69, 9.17) is 4.74 Å². The minimum absolute atomic E-state index is 0.632. The predicted octanol–water partition coefficient (Wildman–Crippen LogP) is 3.68. The molecule has 0 saturated carbocycles. The standard InChI is InChI=1S/C19H21NO/c1-2-6-15(7-3-1)12-20-13-16-10-11-21-19-9-5-4-8-17(19)18(16)14-20/h1-9,16,18H,10-14H2/t16?,18-/m0/s1. The summed E-state index contributed by atoms with van der Waals surface area (Å²) >= 11 is 0. The molecule has 1 saturated heterocycles. The van der Waals surface area contributed by atoms with Crippen LogP contribution in [0.3, 0.4) is 0 Å². The summed E-state index contributed by atoms with van der Waals surface area (Å²) in [6.45, 7) is 4.27. The molecule has 2 aliphatic heterocycles. The molecule has 2 atom stereocenters. The fourth-order valence-corrected chi connectivity index (χ4v) is 3.81. The van der Waals surface area contributed by atoms with Crippen LogP contribution in [0.25, 0.3) is 0 Å². The van der Waals surface area contributed by atoms with E-state index < -0.39 is 0 Å². The summed E-state index contributed by atoms with van der Waals surface area (Å²) < 4.78 is 5.92. The summed E-state index contributed by atoms with van der Waals surface area (Å²) in [5.41, 5.74) is 2.83.